The van der Waals surface area contributed by atoms with Crippen molar-refractivity contribution in [2.75, 3.05) is 32.8 Å². The van der Waals surface area contributed by atoms with E-state index in [1.165, 1.54) is 0 Å². The van der Waals surface area contributed by atoms with Crippen LogP contribution in [0.1, 0.15) is 44.7 Å². The van der Waals surface area contributed by atoms with E-state index >= 15 is 0 Å². The molecule has 3 rings (SSSR count). The van der Waals surface area contributed by atoms with Gasteiger partial charge in [0.2, 0.25) is 11.8 Å². The van der Waals surface area contributed by atoms with E-state index < -0.39 is 17.5 Å². The summed E-state index contributed by atoms with van der Waals surface area (Å²) in [5.41, 5.74) is 1.20. The number of hydrogen-bond donors (Lipinski definition) is 2. The number of rotatable bonds is 5. The van der Waals surface area contributed by atoms with Crippen LogP contribution in [-0.4, -0.2) is 72.6 Å². The van der Waals surface area contributed by atoms with E-state index in [0.717, 1.165) is 17.5 Å². The maximum absolute atomic E-state index is 13.5. The Morgan fingerprint density at radius 3 is 2.42 bits per heavy atom. The van der Waals surface area contributed by atoms with Gasteiger partial charge in [-0.3, -0.25) is 9.59 Å². The molecule has 33 heavy (non-hydrogen) atoms. The highest BCUT2D eigenvalue weighted by atomic mass is 16.5. The third-order valence-electron chi connectivity index (χ3n) is 6.10. The van der Waals surface area contributed by atoms with Crippen LogP contribution in [0, 0.1) is 17.8 Å². The number of ether oxygens (including phenoxy) is 1. The van der Waals surface area contributed by atoms with Crippen molar-refractivity contribution < 1.29 is 19.1 Å². The van der Waals surface area contributed by atoms with Crippen LogP contribution in [0.15, 0.2) is 24.3 Å². The largest absolute Gasteiger partial charge is 0.378 e. The van der Waals surface area contributed by atoms with Gasteiger partial charge in [-0.05, 0) is 36.0 Å². The number of benzene rings is 1. The fraction of sp³-hybridized carbons (Fsp3) is 0.560. The zero-order chi connectivity index (χ0) is 24.0. The number of terminal acetylenes is 1. The van der Waals surface area contributed by atoms with Crippen LogP contribution >= 0.6 is 0 Å². The van der Waals surface area contributed by atoms with Crippen LogP contribution in [-0.2, 0) is 20.9 Å². The molecule has 8 heteroatoms. The molecule has 2 unspecified atom stereocenters. The molecule has 2 fully saturated rings. The molecule has 8 nitrogen and oxygen atoms in total. The lowest BCUT2D eigenvalue weighted by Gasteiger charge is -2.37. The Morgan fingerprint density at radius 1 is 1.15 bits per heavy atom. The van der Waals surface area contributed by atoms with Gasteiger partial charge >= 0.3 is 6.03 Å². The number of amides is 4. The zero-order valence-corrected chi connectivity index (χ0v) is 19.7. The summed E-state index contributed by atoms with van der Waals surface area (Å²) in [4.78, 5) is 42.6. The second-order valence-electron chi connectivity index (χ2n) is 9.60. The SMILES string of the molecule is C#Cc1ccc(CNC(=O)C2CCCN2C(=O)C(NC(=O)N2CCOCC2)C(C)(C)C)cc1. The van der Waals surface area contributed by atoms with Gasteiger partial charge in [0.15, 0.2) is 0 Å². The molecule has 0 saturated carbocycles. The lowest BCUT2D eigenvalue weighted by atomic mass is 9.85. The molecule has 0 aromatic heterocycles. The van der Waals surface area contributed by atoms with Crippen molar-refractivity contribution in [1.82, 2.24) is 20.4 Å². The number of carbonyl (C=O) groups excluding carboxylic acids is 3. The molecule has 1 aromatic rings. The minimum atomic E-state index is -0.738. The van der Waals surface area contributed by atoms with Gasteiger partial charge in [0.05, 0.1) is 13.2 Å². The Bertz CT molecular complexity index is 894. The highest BCUT2D eigenvalue weighted by molar-refractivity contribution is 5.92. The fourth-order valence-electron chi connectivity index (χ4n) is 4.12. The zero-order valence-electron chi connectivity index (χ0n) is 19.7. The Balaban J connectivity index is 1.65. The van der Waals surface area contributed by atoms with Crippen LogP contribution < -0.4 is 10.6 Å². The summed E-state index contributed by atoms with van der Waals surface area (Å²) in [6.07, 6.45) is 6.73. The maximum atomic E-state index is 13.5. The second kappa shape index (κ2) is 10.7. The Labute approximate surface area is 196 Å². The van der Waals surface area contributed by atoms with Crippen molar-refractivity contribution in [3.05, 3.63) is 35.4 Å². The van der Waals surface area contributed by atoms with Gasteiger partial charge in [0.1, 0.15) is 12.1 Å². The van der Waals surface area contributed by atoms with Gasteiger partial charge in [-0.25, -0.2) is 4.79 Å². The molecule has 0 radical (unpaired) electrons. The van der Waals surface area contributed by atoms with Crippen molar-refractivity contribution in [3.63, 3.8) is 0 Å². The second-order valence-corrected chi connectivity index (χ2v) is 9.60. The summed E-state index contributed by atoms with van der Waals surface area (Å²) >= 11 is 0. The first-order chi connectivity index (χ1) is 15.7. The normalized spacial score (nSPS) is 19.5. The van der Waals surface area contributed by atoms with E-state index in [1.54, 1.807) is 9.80 Å². The molecule has 0 spiro atoms. The van der Waals surface area contributed by atoms with Gasteiger partial charge in [0, 0.05) is 31.7 Å². The van der Waals surface area contributed by atoms with E-state index in [-0.39, 0.29) is 17.8 Å². The Morgan fingerprint density at radius 2 is 1.82 bits per heavy atom. The molecular formula is C25H34N4O4. The van der Waals surface area contributed by atoms with Crippen LogP contribution in [0.4, 0.5) is 4.79 Å². The highest BCUT2D eigenvalue weighted by Crippen LogP contribution is 2.26. The monoisotopic (exact) mass is 454 g/mol. The van der Waals surface area contributed by atoms with Crippen LogP contribution in [0.2, 0.25) is 0 Å². The first kappa shape index (κ1) is 24.6. The minimum Gasteiger partial charge on any atom is -0.378 e. The molecule has 2 saturated heterocycles. The molecule has 2 atom stereocenters. The van der Waals surface area contributed by atoms with Crippen LogP contribution in [0.25, 0.3) is 0 Å². The smallest absolute Gasteiger partial charge is 0.318 e. The summed E-state index contributed by atoms with van der Waals surface area (Å²) in [5.74, 6) is 2.16. The predicted molar refractivity (Wildman–Crippen MR) is 125 cm³/mol. The number of nitrogens with one attached hydrogen (secondary N) is 2. The van der Waals surface area contributed by atoms with E-state index in [0.29, 0.717) is 45.8 Å². The van der Waals surface area contributed by atoms with Gasteiger partial charge in [-0.2, -0.15) is 0 Å². The van der Waals surface area contributed by atoms with Crippen molar-refractivity contribution in [2.45, 2.75) is 52.2 Å². The Hall–Kier alpha value is -3.05. The van der Waals surface area contributed by atoms with Gasteiger partial charge in [0.25, 0.3) is 0 Å². The molecule has 2 aliphatic rings. The van der Waals surface area contributed by atoms with Crippen molar-refractivity contribution in [3.8, 4) is 12.3 Å². The molecule has 4 amide bonds. The minimum absolute atomic E-state index is 0.186. The lowest BCUT2D eigenvalue weighted by Crippen LogP contribution is -2.60. The number of likely N-dealkylation sites (tertiary alicyclic amines) is 1. The molecular weight excluding hydrogens is 420 g/mol. The fourth-order valence-corrected chi connectivity index (χ4v) is 4.12. The quantitative estimate of drug-likeness (QED) is 0.663. The molecule has 0 bridgehead atoms. The lowest BCUT2D eigenvalue weighted by molar-refractivity contribution is -0.141. The maximum Gasteiger partial charge on any atom is 0.318 e. The first-order valence-corrected chi connectivity index (χ1v) is 11.5. The van der Waals surface area contributed by atoms with Gasteiger partial charge in [-0.15, -0.1) is 6.42 Å². The topological polar surface area (TPSA) is 91.0 Å². The average molecular weight is 455 g/mol. The summed E-state index contributed by atoms with van der Waals surface area (Å²) in [5, 5.41) is 5.86. The predicted octanol–water partition coefficient (Wildman–Crippen LogP) is 1.73. The van der Waals surface area contributed by atoms with E-state index in [1.807, 2.05) is 45.0 Å². The van der Waals surface area contributed by atoms with Crippen molar-refractivity contribution in [1.29, 1.82) is 0 Å². The van der Waals surface area contributed by atoms with Gasteiger partial charge < -0.3 is 25.2 Å². The summed E-state index contributed by atoms with van der Waals surface area (Å²) < 4.78 is 5.31. The van der Waals surface area contributed by atoms with E-state index in [9.17, 15) is 14.4 Å². The summed E-state index contributed by atoms with van der Waals surface area (Å²) in [6.45, 7) is 8.57. The number of morpholine rings is 1. The molecule has 1 aromatic carbocycles. The van der Waals surface area contributed by atoms with Crippen molar-refractivity contribution >= 4 is 17.8 Å². The standard InChI is InChI=1S/C25H34N4O4/c1-5-18-8-10-19(11-9-18)17-26-22(30)20-7-6-12-29(20)23(31)21(25(2,3)4)27-24(32)28-13-15-33-16-14-28/h1,8-11,20-21H,6-7,12-17H2,2-4H3,(H,26,30)(H,27,32). The van der Waals surface area contributed by atoms with E-state index in [4.69, 9.17) is 11.2 Å². The molecule has 2 N–H and O–H groups in total. The molecule has 0 aliphatic carbocycles. The molecule has 178 valence electrons. The van der Waals surface area contributed by atoms with Crippen LogP contribution in [0.3, 0.4) is 0 Å². The summed E-state index contributed by atoms with van der Waals surface area (Å²) in [7, 11) is 0. The number of hydrogen-bond acceptors (Lipinski definition) is 4. The first-order valence-electron chi connectivity index (χ1n) is 11.5. The van der Waals surface area contributed by atoms with E-state index in [2.05, 4.69) is 16.6 Å². The van der Waals surface area contributed by atoms with Crippen molar-refractivity contribution in [2.24, 2.45) is 5.41 Å². The average Bonchev–Trinajstić information content (AvgIpc) is 3.31. The Kier molecular flexibility index (Phi) is 7.98. The third-order valence-corrected chi connectivity index (χ3v) is 6.10. The third kappa shape index (κ3) is 6.26. The summed E-state index contributed by atoms with van der Waals surface area (Å²) in [6, 6.07) is 5.86. The number of urea groups is 1. The number of nitrogens with zero attached hydrogens (tertiary/aromatic N) is 2. The number of carbonyl (C=O) groups is 3. The highest BCUT2D eigenvalue weighted by Gasteiger charge is 2.42. The molecule has 2 heterocycles. The van der Waals surface area contributed by atoms with Crippen LogP contribution in [0.5, 0.6) is 0 Å². The van der Waals surface area contributed by atoms with Gasteiger partial charge in [-0.1, -0.05) is 38.8 Å². The molecule has 2 aliphatic heterocycles.